The highest BCUT2D eigenvalue weighted by Crippen LogP contribution is 2.38. The third kappa shape index (κ3) is 5.02. The molecule has 2 heterocycles. The van der Waals surface area contributed by atoms with Gasteiger partial charge in [-0.3, -0.25) is 4.72 Å². The summed E-state index contributed by atoms with van der Waals surface area (Å²) in [4.78, 5) is 6.85. The molecule has 2 aromatic carbocycles. The number of sulfonamides is 1. The maximum Gasteiger partial charge on any atom is 0.416 e. The van der Waals surface area contributed by atoms with E-state index in [0.29, 0.717) is 35.2 Å². The second-order valence-electron chi connectivity index (χ2n) is 7.82. The van der Waals surface area contributed by atoms with Gasteiger partial charge in [0.2, 0.25) is 0 Å². The van der Waals surface area contributed by atoms with Crippen molar-refractivity contribution in [3.8, 4) is 0 Å². The average molecular weight is 633 g/mol. The molecule has 12 heteroatoms. The van der Waals surface area contributed by atoms with Gasteiger partial charge in [0.05, 0.1) is 16.1 Å². The Hall–Kier alpha value is -2.84. The first kappa shape index (κ1) is 26.2. The third-order valence-corrected chi connectivity index (χ3v) is 8.90. The minimum atomic E-state index is -4.61. The molecule has 1 atom stereocenters. The van der Waals surface area contributed by atoms with Crippen molar-refractivity contribution in [3.63, 3.8) is 0 Å². The van der Waals surface area contributed by atoms with Crippen LogP contribution in [-0.2, 0) is 22.6 Å². The fraction of sp³-hybridized carbons (Fsp3) is 0.167. The zero-order valence-electron chi connectivity index (χ0n) is 18.7. The van der Waals surface area contributed by atoms with Crippen LogP contribution in [0.1, 0.15) is 35.3 Å². The van der Waals surface area contributed by atoms with Crippen molar-refractivity contribution in [1.29, 1.82) is 0 Å². The lowest BCUT2D eigenvalue weighted by molar-refractivity contribution is -0.137. The Morgan fingerprint density at radius 2 is 1.89 bits per heavy atom. The van der Waals surface area contributed by atoms with Crippen molar-refractivity contribution in [3.05, 3.63) is 86.5 Å². The van der Waals surface area contributed by atoms with Crippen molar-refractivity contribution < 1.29 is 31.1 Å². The van der Waals surface area contributed by atoms with E-state index in [2.05, 4.69) is 19.2 Å². The summed E-state index contributed by atoms with van der Waals surface area (Å²) in [6, 6.07) is 7.08. The lowest BCUT2D eigenvalue weighted by Gasteiger charge is -2.18. The summed E-state index contributed by atoms with van der Waals surface area (Å²) in [5.74, 6) is -0.743. The number of aliphatic hydroxyl groups excluding tert-OH is 1. The van der Waals surface area contributed by atoms with Gasteiger partial charge in [0.15, 0.2) is 0 Å². The molecule has 0 radical (unpaired) electrons. The van der Waals surface area contributed by atoms with Gasteiger partial charge in [-0.15, -0.1) is 0 Å². The smallest absolute Gasteiger partial charge is 0.383 e. The lowest BCUT2D eigenvalue weighted by Crippen LogP contribution is -2.16. The molecule has 4 aromatic rings. The molecule has 3 N–H and O–H groups in total. The van der Waals surface area contributed by atoms with E-state index in [1.807, 2.05) is 13.0 Å². The largest absolute Gasteiger partial charge is 0.416 e. The molecule has 0 saturated heterocycles. The summed E-state index contributed by atoms with van der Waals surface area (Å²) in [5.41, 5.74) is 0.685. The number of hydrogen-bond acceptors (Lipinski definition) is 4. The van der Waals surface area contributed by atoms with Crippen LogP contribution in [0.25, 0.3) is 11.0 Å². The lowest BCUT2D eigenvalue weighted by atomic mass is 10.00. The second kappa shape index (κ2) is 9.90. The van der Waals surface area contributed by atoms with Crippen LogP contribution in [0, 0.1) is 9.39 Å². The molecule has 0 aliphatic carbocycles. The topological polar surface area (TPSA) is 95.1 Å². The molecule has 0 aliphatic rings. The van der Waals surface area contributed by atoms with Crippen molar-refractivity contribution in [2.45, 2.75) is 30.5 Å². The Balaban J connectivity index is 1.75. The molecule has 0 saturated carbocycles. The van der Waals surface area contributed by atoms with E-state index < -0.39 is 59.3 Å². The molecule has 0 amide bonds. The van der Waals surface area contributed by atoms with E-state index >= 15 is 4.39 Å². The third-order valence-electron chi connectivity index (χ3n) is 5.59. The van der Waals surface area contributed by atoms with Gasteiger partial charge in [0, 0.05) is 32.5 Å². The first-order valence-corrected chi connectivity index (χ1v) is 14.6. The molecule has 1 unspecified atom stereocenters. The number of aliphatic hydroxyl groups is 1. The number of rotatable bonds is 7. The Bertz CT molecular complexity index is 1550. The summed E-state index contributed by atoms with van der Waals surface area (Å²) in [5, 5.41) is 11.8. The van der Waals surface area contributed by atoms with Crippen LogP contribution in [0.5, 0.6) is 0 Å². The number of halogens is 5. The summed E-state index contributed by atoms with van der Waals surface area (Å²) < 4.78 is 85.8. The minimum Gasteiger partial charge on any atom is -0.383 e. The van der Waals surface area contributed by atoms with Crippen molar-refractivity contribution in [2.75, 3.05) is 4.72 Å². The Labute approximate surface area is 214 Å². The van der Waals surface area contributed by atoms with Crippen LogP contribution >= 0.6 is 20.7 Å². The summed E-state index contributed by atoms with van der Waals surface area (Å²) in [7, 11) is -4.31. The number of anilines is 1. The standard InChI is InChI=1S/C24H20F4IN3O3S/c1-3-13-10-16-17(12-31-23(16)30-11-13)22(33)20-18(25)8-9-19(21(20)29-2)32-36(34,35)15-6-4-14(5-7-15)24(26,27)28/h4-12,22,32-33H,2-3H2,1H3,(H,30,31). The second-order valence-corrected chi connectivity index (χ2v) is 11.3. The monoisotopic (exact) mass is 633 g/mol. The number of aryl methyl sites for hydroxylation is 1. The van der Waals surface area contributed by atoms with Crippen LogP contribution in [0.4, 0.5) is 23.2 Å². The number of hydrogen-bond donors (Lipinski definition) is 3. The zero-order valence-corrected chi connectivity index (χ0v) is 21.7. The number of nitrogens with one attached hydrogen (secondary N) is 2. The molecule has 2 aromatic heterocycles. The molecule has 0 fully saturated rings. The van der Waals surface area contributed by atoms with Gasteiger partial charge < -0.3 is 10.1 Å². The minimum absolute atomic E-state index is 0.000335. The maximum atomic E-state index is 15.0. The highest BCUT2D eigenvalue weighted by atomic mass is 127. The van der Waals surface area contributed by atoms with Crippen molar-refractivity contribution >= 4 is 52.0 Å². The summed E-state index contributed by atoms with van der Waals surface area (Å²) in [6.45, 7) is 1.95. The predicted molar refractivity (Wildman–Crippen MR) is 138 cm³/mol. The van der Waals surface area contributed by atoms with Crippen molar-refractivity contribution in [2.24, 2.45) is 0 Å². The van der Waals surface area contributed by atoms with E-state index in [0.717, 1.165) is 23.8 Å². The first-order chi connectivity index (χ1) is 17.0. The molecule has 190 valence electrons. The highest BCUT2D eigenvalue weighted by Gasteiger charge is 2.31. The number of benzene rings is 2. The van der Waals surface area contributed by atoms with Gasteiger partial charge in [-0.25, -0.2) is 17.8 Å². The van der Waals surface area contributed by atoms with E-state index in [1.165, 1.54) is 12.3 Å². The van der Waals surface area contributed by atoms with E-state index in [9.17, 15) is 26.7 Å². The molecule has 4 rings (SSSR count). The van der Waals surface area contributed by atoms with Gasteiger partial charge >= 0.3 is 6.18 Å². The van der Waals surface area contributed by atoms with Crippen LogP contribution < -0.4 is 4.72 Å². The van der Waals surface area contributed by atoms with Gasteiger partial charge in [-0.1, -0.05) is 32.2 Å². The molecule has 0 bridgehead atoms. The van der Waals surface area contributed by atoms with Crippen LogP contribution in [0.15, 0.2) is 59.8 Å². The molecule has 0 aliphatic heterocycles. The average Bonchev–Trinajstić information content (AvgIpc) is 3.27. The molecular formula is C24H20F4IN3O3S. The summed E-state index contributed by atoms with van der Waals surface area (Å²) in [6.07, 6.45) is -2.14. The van der Waals surface area contributed by atoms with Gasteiger partial charge in [0.1, 0.15) is 17.6 Å². The van der Waals surface area contributed by atoms with Crippen LogP contribution in [0.3, 0.4) is 0 Å². The normalized spacial score (nSPS) is 13.2. The van der Waals surface area contributed by atoms with Gasteiger partial charge in [-0.05, 0) is 54.4 Å². The molecular weight excluding hydrogens is 613 g/mol. The Morgan fingerprint density at radius 1 is 1.19 bits per heavy atom. The number of aromatic nitrogens is 2. The molecule has 0 spiro atoms. The Kier molecular flexibility index (Phi) is 7.21. The molecule has 36 heavy (non-hydrogen) atoms. The SMILES string of the molecule is C=Ic1c(NS(=O)(=O)c2ccc(C(F)(F)F)cc2)ccc(F)c1C(O)c1c[nH]c2ncc(CC)cc12. The zero-order chi connectivity index (χ0) is 26.3. The van der Waals surface area contributed by atoms with E-state index in [1.54, 1.807) is 6.20 Å². The number of H-pyrrole nitrogens is 1. The fourth-order valence-electron chi connectivity index (χ4n) is 3.71. The van der Waals surface area contributed by atoms with E-state index in [-0.39, 0.29) is 14.8 Å². The Morgan fingerprint density at radius 3 is 2.50 bits per heavy atom. The highest BCUT2D eigenvalue weighted by molar-refractivity contribution is 14.2. The number of aromatic amines is 1. The number of pyridine rings is 1. The maximum absolute atomic E-state index is 15.0. The fourth-order valence-corrected chi connectivity index (χ4v) is 6.66. The van der Waals surface area contributed by atoms with Gasteiger partial charge in [0.25, 0.3) is 10.0 Å². The van der Waals surface area contributed by atoms with Gasteiger partial charge in [-0.2, -0.15) is 13.2 Å². The predicted octanol–water partition coefficient (Wildman–Crippen LogP) is 5.74. The van der Waals surface area contributed by atoms with Crippen LogP contribution in [-0.4, -0.2) is 28.0 Å². The summed E-state index contributed by atoms with van der Waals surface area (Å²) >= 11 is -1.21. The number of nitrogens with zero attached hydrogens (tertiary/aromatic N) is 1. The van der Waals surface area contributed by atoms with Crippen LogP contribution in [0.2, 0.25) is 0 Å². The number of fused-ring (bicyclic) bond motifs is 1. The first-order valence-electron chi connectivity index (χ1n) is 10.5. The quantitative estimate of drug-likeness (QED) is 0.179. The number of alkyl halides is 3. The molecule has 6 nitrogen and oxygen atoms in total. The van der Waals surface area contributed by atoms with Crippen molar-refractivity contribution in [1.82, 2.24) is 9.97 Å². The van der Waals surface area contributed by atoms with E-state index in [4.69, 9.17) is 0 Å².